The molecule has 2 aromatic rings. The molecule has 0 bridgehead atoms. The molecule has 0 N–H and O–H groups in total. The highest BCUT2D eigenvalue weighted by molar-refractivity contribution is 6.30. The van der Waals surface area contributed by atoms with Crippen LogP contribution in [0.25, 0.3) is 11.4 Å². The van der Waals surface area contributed by atoms with Crippen LogP contribution in [0, 0.1) is 20.8 Å². The number of hydrogen-bond donors (Lipinski definition) is 0. The predicted octanol–water partition coefficient (Wildman–Crippen LogP) is 3.72. The van der Waals surface area contributed by atoms with Gasteiger partial charge in [0.2, 0.25) is 0 Å². The van der Waals surface area contributed by atoms with Gasteiger partial charge < -0.3 is 0 Å². The van der Waals surface area contributed by atoms with Gasteiger partial charge in [-0.15, -0.1) is 0 Å². The topological polar surface area (TPSA) is 25.8 Å². The zero-order chi connectivity index (χ0) is 11.7. The van der Waals surface area contributed by atoms with Crippen molar-refractivity contribution >= 4 is 11.6 Å². The number of aromatic nitrogens is 2. The molecular formula is C13H13ClN2. The smallest absolute Gasteiger partial charge is 0.161 e. The van der Waals surface area contributed by atoms with Gasteiger partial charge in [0.25, 0.3) is 0 Å². The number of halogens is 1. The Morgan fingerprint density at radius 2 is 1.81 bits per heavy atom. The summed E-state index contributed by atoms with van der Waals surface area (Å²) in [4.78, 5) is 8.75. The summed E-state index contributed by atoms with van der Waals surface area (Å²) in [5.41, 5.74) is 4.06. The maximum atomic E-state index is 6.06. The Balaban J connectivity index is 2.57. The van der Waals surface area contributed by atoms with Crippen LogP contribution in [0.2, 0.25) is 5.15 Å². The van der Waals surface area contributed by atoms with E-state index in [0.29, 0.717) is 11.0 Å². The summed E-state index contributed by atoms with van der Waals surface area (Å²) in [5.74, 6) is 0.691. The van der Waals surface area contributed by atoms with Gasteiger partial charge >= 0.3 is 0 Å². The minimum Gasteiger partial charge on any atom is -0.233 e. The molecule has 0 saturated heterocycles. The van der Waals surface area contributed by atoms with Crippen molar-refractivity contribution in [1.29, 1.82) is 0 Å². The van der Waals surface area contributed by atoms with Gasteiger partial charge in [-0.25, -0.2) is 9.97 Å². The molecule has 1 heterocycles. The highest BCUT2D eigenvalue weighted by Gasteiger charge is 2.07. The highest BCUT2D eigenvalue weighted by Crippen LogP contribution is 2.21. The number of hydrogen-bond acceptors (Lipinski definition) is 2. The molecule has 0 amide bonds. The summed E-state index contributed by atoms with van der Waals surface area (Å²) in [6, 6.07) is 8.09. The highest BCUT2D eigenvalue weighted by atomic mass is 35.5. The molecule has 0 atom stereocenters. The van der Waals surface area contributed by atoms with Crippen molar-refractivity contribution in [1.82, 2.24) is 9.97 Å². The number of rotatable bonds is 1. The summed E-state index contributed by atoms with van der Waals surface area (Å²) in [5, 5.41) is 0.531. The lowest BCUT2D eigenvalue weighted by atomic mass is 10.1. The zero-order valence-corrected chi connectivity index (χ0v) is 10.3. The minimum absolute atomic E-state index is 0.531. The Morgan fingerprint density at radius 1 is 1.06 bits per heavy atom. The lowest BCUT2D eigenvalue weighted by Crippen LogP contribution is -1.96. The Hall–Kier alpha value is -1.41. The lowest BCUT2D eigenvalue weighted by Gasteiger charge is -2.06. The van der Waals surface area contributed by atoms with Crippen molar-refractivity contribution in [3.63, 3.8) is 0 Å². The predicted molar refractivity (Wildman–Crippen MR) is 66.7 cm³/mol. The fourth-order valence-corrected chi connectivity index (χ4v) is 1.72. The summed E-state index contributed by atoms with van der Waals surface area (Å²) < 4.78 is 0. The number of nitrogens with zero attached hydrogens (tertiary/aromatic N) is 2. The maximum Gasteiger partial charge on any atom is 0.161 e. The zero-order valence-electron chi connectivity index (χ0n) is 9.58. The van der Waals surface area contributed by atoms with Crippen molar-refractivity contribution in [2.24, 2.45) is 0 Å². The average Bonchev–Trinajstić information content (AvgIpc) is 2.25. The van der Waals surface area contributed by atoms with Gasteiger partial charge in [0.1, 0.15) is 5.15 Å². The second kappa shape index (κ2) is 4.22. The molecule has 1 aromatic carbocycles. The second-order valence-electron chi connectivity index (χ2n) is 3.92. The standard InChI is InChI=1S/C13H13ClN2/c1-8-5-4-6-11(7-8)13-15-10(3)9(2)12(14)16-13/h4-7H,1-3H3. The van der Waals surface area contributed by atoms with Crippen LogP contribution in [-0.4, -0.2) is 9.97 Å². The SMILES string of the molecule is Cc1cccc(-c2nc(C)c(C)c(Cl)n2)c1. The van der Waals surface area contributed by atoms with Gasteiger partial charge in [-0.1, -0.05) is 35.4 Å². The monoisotopic (exact) mass is 232 g/mol. The number of aryl methyl sites for hydroxylation is 2. The van der Waals surface area contributed by atoms with Gasteiger partial charge in [0, 0.05) is 16.8 Å². The van der Waals surface area contributed by atoms with Crippen LogP contribution in [-0.2, 0) is 0 Å². The van der Waals surface area contributed by atoms with Crippen LogP contribution in [0.3, 0.4) is 0 Å². The van der Waals surface area contributed by atoms with Crippen molar-refractivity contribution in [3.8, 4) is 11.4 Å². The minimum atomic E-state index is 0.531. The van der Waals surface area contributed by atoms with E-state index >= 15 is 0 Å². The molecule has 1 aromatic heterocycles. The maximum absolute atomic E-state index is 6.06. The molecule has 82 valence electrons. The molecule has 0 saturated carbocycles. The summed E-state index contributed by atoms with van der Waals surface area (Å²) >= 11 is 6.06. The third kappa shape index (κ3) is 2.07. The van der Waals surface area contributed by atoms with Gasteiger partial charge in [0.15, 0.2) is 5.82 Å². The van der Waals surface area contributed by atoms with Crippen LogP contribution in [0.15, 0.2) is 24.3 Å². The molecular weight excluding hydrogens is 220 g/mol. The van der Waals surface area contributed by atoms with E-state index in [1.165, 1.54) is 5.56 Å². The Morgan fingerprint density at radius 3 is 2.44 bits per heavy atom. The fraction of sp³-hybridized carbons (Fsp3) is 0.231. The van der Waals surface area contributed by atoms with Crippen LogP contribution < -0.4 is 0 Å². The largest absolute Gasteiger partial charge is 0.233 e. The lowest BCUT2D eigenvalue weighted by molar-refractivity contribution is 1.07. The average molecular weight is 233 g/mol. The van der Waals surface area contributed by atoms with Gasteiger partial charge in [-0.2, -0.15) is 0 Å². The van der Waals surface area contributed by atoms with Gasteiger partial charge in [-0.3, -0.25) is 0 Å². The van der Waals surface area contributed by atoms with E-state index in [9.17, 15) is 0 Å². The molecule has 2 rings (SSSR count). The van der Waals surface area contributed by atoms with Crippen LogP contribution in [0.1, 0.15) is 16.8 Å². The fourth-order valence-electron chi connectivity index (χ4n) is 1.51. The molecule has 16 heavy (non-hydrogen) atoms. The van der Waals surface area contributed by atoms with Crippen LogP contribution in [0.4, 0.5) is 0 Å². The first-order valence-electron chi connectivity index (χ1n) is 5.15. The molecule has 0 unspecified atom stereocenters. The van der Waals surface area contributed by atoms with E-state index < -0.39 is 0 Å². The molecule has 0 aliphatic carbocycles. The van der Waals surface area contributed by atoms with Crippen molar-refractivity contribution in [3.05, 3.63) is 46.2 Å². The summed E-state index contributed by atoms with van der Waals surface area (Å²) in [6.45, 7) is 5.92. The van der Waals surface area contributed by atoms with Crippen molar-refractivity contribution in [2.45, 2.75) is 20.8 Å². The third-order valence-electron chi connectivity index (χ3n) is 2.61. The van der Waals surface area contributed by atoms with Crippen molar-refractivity contribution in [2.75, 3.05) is 0 Å². The van der Waals surface area contributed by atoms with E-state index in [1.54, 1.807) is 0 Å². The van der Waals surface area contributed by atoms with E-state index in [2.05, 4.69) is 16.0 Å². The Bertz CT molecular complexity index is 512. The normalized spacial score (nSPS) is 10.5. The van der Waals surface area contributed by atoms with E-state index in [0.717, 1.165) is 16.8 Å². The van der Waals surface area contributed by atoms with E-state index in [4.69, 9.17) is 11.6 Å². The molecule has 2 nitrogen and oxygen atoms in total. The van der Waals surface area contributed by atoms with Crippen LogP contribution in [0.5, 0.6) is 0 Å². The molecule has 0 aliphatic heterocycles. The molecule has 0 aliphatic rings. The van der Waals surface area contributed by atoms with Crippen molar-refractivity contribution < 1.29 is 0 Å². The van der Waals surface area contributed by atoms with E-state index in [-0.39, 0.29) is 0 Å². The first-order chi connectivity index (χ1) is 7.58. The first kappa shape index (κ1) is 11.1. The van der Waals surface area contributed by atoms with E-state index in [1.807, 2.05) is 39.0 Å². The van der Waals surface area contributed by atoms with Gasteiger partial charge in [0.05, 0.1) is 0 Å². The quantitative estimate of drug-likeness (QED) is 0.701. The third-order valence-corrected chi connectivity index (χ3v) is 2.97. The first-order valence-corrected chi connectivity index (χ1v) is 5.53. The second-order valence-corrected chi connectivity index (χ2v) is 4.28. The molecule has 0 fully saturated rings. The molecule has 0 radical (unpaired) electrons. The number of benzene rings is 1. The van der Waals surface area contributed by atoms with Crippen LogP contribution >= 0.6 is 11.6 Å². The summed E-state index contributed by atoms with van der Waals surface area (Å²) in [6.07, 6.45) is 0. The Labute approximate surface area is 100 Å². The summed E-state index contributed by atoms with van der Waals surface area (Å²) in [7, 11) is 0. The Kier molecular flexibility index (Phi) is 2.92. The van der Waals surface area contributed by atoms with Gasteiger partial charge in [-0.05, 0) is 26.8 Å². The molecule has 0 spiro atoms. The molecule has 3 heteroatoms.